The first-order chi connectivity index (χ1) is 11.5. The Hall–Kier alpha value is -0.724. The van der Waals surface area contributed by atoms with E-state index in [1.54, 1.807) is 19.9 Å². The fourth-order valence-corrected chi connectivity index (χ4v) is 1.49. The van der Waals surface area contributed by atoms with Gasteiger partial charge in [-0.15, -0.1) is 11.6 Å². The number of carbonyl (C=O) groups excluding carboxylic acids is 1. The molecule has 0 heterocycles. The predicted octanol–water partition coefficient (Wildman–Crippen LogP) is 4.73. The van der Waals surface area contributed by atoms with E-state index in [4.69, 9.17) is 14.6 Å². The number of benzene rings is 1. The molecule has 0 saturated carbocycles. The molecule has 0 aliphatic rings. The minimum absolute atomic E-state index is 0. The second-order valence-corrected chi connectivity index (χ2v) is 6.98. The van der Waals surface area contributed by atoms with E-state index in [2.05, 4.69) is 11.4 Å². The molecule has 1 rings (SSSR count). The van der Waals surface area contributed by atoms with Crippen molar-refractivity contribution >= 4 is 6.09 Å². The zero-order valence-electron chi connectivity index (χ0n) is 17.0. The molecule has 0 bridgehead atoms. The standard InChI is InChI=1S/C17H24NO3.C3H8O.Tb/c1-7-12(2)15(18-16(19)21-17(4,5)6)20-14-11-9-8-10-13(14)3;1-3(2)4;/h8,10-11H,7H2,1-6H3,(H,18,19);3-4H,1-2H3;/q-1;;. The van der Waals surface area contributed by atoms with Crippen LogP contribution in [0.15, 0.2) is 29.7 Å². The molecule has 0 saturated heterocycles. The number of amides is 1. The van der Waals surface area contributed by atoms with Gasteiger partial charge in [-0.1, -0.05) is 13.8 Å². The molecule has 0 unspecified atom stereocenters. The van der Waals surface area contributed by atoms with Gasteiger partial charge in [-0.2, -0.15) is 18.2 Å². The van der Waals surface area contributed by atoms with Crippen LogP contribution in [-0.2, 0) is 4.74 Å². The van der Waals surface area contributed by atoms with Crippen LogP contribution in [0.4, 0.5) is 4.79 Å². The van der Waals surface area contributed by atoms with Crippen LogP contribution in [0.3, 0.4) is 0 Å². The molecule has 1 aromatic rings. The fraction of sp³-hybridized carbons (Fsp3) is 0.550. The topological polar surface area (TPSA) is 67.8 Å². The molecule has 0 aliphatic carbocycles. The Kier molecular flexibility index (Phi) is 14.2. The Labute approximate surface area is 189 Å². The Bertz CT molecular complexity index is 575. The number of aryl methyl sites for hydroxylation is 1. The molecule has 1 amide bonds. The van der Waals surface area contributed by atoms with Gasteiger partial charge in [0, 0.05) is 50.5 Å². The van der Waals surface area contributed by atoms with Crippen molar-refractivity contribution in [3.8, 4) is 5.75 Å². The summed E-state index contributed by atoms with van der Waals surface area (Å²) in [7, 11) is 0. The molecule has 1 radical (unpaired) electrons. The third-order valence-electron chi connectivity index (χ3n) is 2.78. The Morgan fingerprint density at radius 1 is 1.35 bits per heavy atom. The number of allylic oxidation sites excluding steroid dienone is 1. The van der Waals surface area contributed by atoms with Gasteiger partial charge < -0.3 is 14.6 Å². The molecule has 0 atom stereocenters. The Morgan fingerprint density at radius 3 is 2.31 bits per heavy atom. The summed E-state index contributed by atoms with van der Waals surface area (Å²) in [5.41, 5.74) is 1.36. The van der Waals surface area contributed by atoms with E-state index in [1.165, 1.54) is 0 Å². The maximum Gasteiger partial charge on any atom is 0.414 e. The number of hydrogen-bond acceptors (Lipinski definition) is 4. The van der Waals surface area contributed by atoms with Gasteiger partial charge in [-0.3, -0.25) is 5.32 Å². The average Bonchev–Trinajstić information content (AvgIpc) is 2.45. The summed E-state index contributed by atoms with van der Waals surface area (Å²) in [6.45, 7) is 14.8. The molecule has 0 spiro atoms. The number of aliphatic hydroxyl groups excluding tert-OH is 1. The van der Waals surface area contributed by atoms with Gasteiger partial charge >= 0.3 is 6.09 Å². The molecule has 2 N–H and O–H groups in total. The number of aliphatic hydroxyl groups is 1. The van der Waals surface area contributed by atoms with Crippen LogP contribution in [0.5, 0.6) is 5.75 Å². The average molecular weight is 509 g/mol. The molecule has 0 aromatic heterocycles. The minimum Gasteiger partial charge on any atom is -0.504 e. The fourth-order valence-electron chi connectivity index (χ4n) is 1.49. The van der Waals surface area contributed by atoms with Gasteiger partial charge in [0.25, 0.3) is 0 Å². The third-order valence-corrected chi connectivity index (χ3v) is 2.78. The molecule has 6 heteroatoms. The maximum absolute atomic E-state index is 11.9. The van der Waals surface area contributed by atoms with Crippen molar-refractivity contribution < 1.29 is 58.0 Å². The number of hydrogen-bond donors (Lipinski definition) is 2. The van der Waals surface area contributed by atoms with Crippen molar-refractivity contribution in [3.63, 3.8) is 0 Å². The van der Waals surface area contributed by atoms with Crippen molar-refractivity contribution in [2.45, 2.75) is 73.5 Å². The van der Waals surface area contributed by atoms with Crippen molar-refractivity contribution in [1.82, 2.24) is 5.32 Å². The quantitative estimate of drug-likeness (QED) is 0.455. The number of nitrogens with one attached hydrogen (secondary N) is 1. The molecular weight excluding hydrogens is 477 g/mol. The smallest absolute Gasteiger partial charge is 0.414 e. The van der Waals surface area contributed by atoms with Gasteiger partial charge in [0.1, 0.15) is 5.60 Å². The number of alkyl carbamates (subject to hydrolysis) is 1. The Balaban J connectivity index is 0. The molecule has 151 valence electrons. The minimum atomic E-state index is -0.550. The molecule has 1 aromatic carbocycles. The first kappa shape index (κ1) is 27.5. The summed E-state index contributed by atoms with van der Waals surface area (Å²) in [4.78, 5) is 11.9. The SMILES string of the molecule is CC(C)O.CCC(C)=C(NC(=O)OC(C)(C)C)Oc1c[c-]ccc1C.[Tb]. The molecular formula is C20H32NO4Tb-. The summed E-state index contributed by atoms with van der Waals surface area (Å²) in [5, 5.41) is 10.7. The van der Waals surface area contributed by atoms with Crippen LogP contribution < -0.4 is 10.1 Å². The van der Waals surface area contributed by atoms with Crippen molar-refractivity contribution in [1.29, 1.82) is 0 Å². The number of carbonyl (C=O) groups is 1. The van der Waals surface area contributed by atoms with Gasteiger partial charge in [0.05, 0.1) is 0 Å². The Morgan fingerprint density at radius 2 is 1.88 bits per heavy atom. The van der Waals surface area contributed by atoms with Crippen molar-refractivity contribution in [2.24, 2.45) is 0 Å². The van der Waals surface area contributed by atoms with Gasteiger partial charge in [0.2, 0.25) is 0 Å². The van der Waals surface area contributed by atoms with Crippen LogP contribution in [-0.4, -0.2) is 22.9 Å². The summed E-state index contributed by atoms with van der Waals surface area (Å²) in [5.74, 6) is 1.07. The predicted molar refractivity (Wildman–Crippen MR) is 100 cm³/mol. The van der Waals surface area contributed by atoms with Crippen LogP contribution in [0, 0.1) is 51.6 Å². The first-order valence-electron chi connectivity index (χ1n) is 8.48. The summed E-state index contributed by atoms with van der Waals surface area (Å²) < 4.78 is 11.1. The molecule has 26 heavy (non-hydrogen) atoms. The van der Waals surface area contributed by atoms with Crippen molar-refractivity contribution in [2.75, 3.05) is 0 Å². The normalized spacial score (nSPS) is 11.5. The van der Waals surface area contributed by atoms with Crippen LogP contribution in [0.2, 0.25) is 0 Å². The van der Waals surface area contributed by atoms with Gasteiger partial charge in [-0.05, 0) is 53.5 Å². The molecule has 0 aliphatic heterocycles. The van der Waals surface area contributed by atoms with E-state index in [0.717, 1.165) is 17.6 Å². The van der Waals surface area contributed by atoms with Crippen molar-refractivity contribution in [3.05, 3.63) is 41.3 Å². The molecule has 0 fully saturated rings. The van der Waals surface area contributed by atoms with E-state index < -0.39 is 11.7 Å². The van der Waals surface area contributed by atoms with E-state index in [1.807, 2.05) is 53.7 Å². The van der Waals surface area contributed by atoms with Crippen LogP contribution in [0.1, 0.15) is 60.5 Å². The van der Waals surface area contributed by atoms with E-state index >= 15 is 0 Å². The van der Waals surface area contributed by atoms with Gasteiger partial charge in [-0.25, -0.2) is 4.79 Å². The number of ether oxygens (including phenoxy) is 2. The zero-order chi connectivity index (χ0) is 19.6. The summed E-state index contributed by atoms with van der Waals surface area (Å²) in [6.07, 6.45) is 0.0728. The van der Waals surface area contributed by atoms with Crippen LogP contribution in [0.25, 0.3) is 0 Å². The third kappa shape index (κ3) is 13.5. The monoisotopic (exact) mass is 509 g/mol. The molecule has 5 nitrogen and oxygen atoms in total. The maximum atomic E-state index is 11.9. The largest absolute Gasteiger partial charge is 0.504 e. The summed E-state index contributed by atoms with van der Waals surface area (Å²) >= 11 is 0. The van der Waals surface area contributed by atoms with E-state index in [9.17, 15) is 4.79 Å². The van der Waals surface area contributed by atoms with Gasteiger partial charge in [0.15, 0.2) is 5.88 Å². The second-order valence-electron chi connectivity index (χ2n) is 6.98. The summed E-state index contributed by atoms with van der Waals surface area (Å²) in [6, 6.07) is 8.43. The second kappa shape index (κ2) is 13.4. The zero-order valence-corrected chi connectivity index (χ0v) is 19.2. The van der Waals surface area contributed by atoms with E-state index in [0.29, 0.717) is 11.6 Å². The number of rotatable bonds is 4. The van der Waals surface area contributed by atoms with E-state index in [-0.39, 0.29) is 44.7 Å². The first-order valence-corrected chi connectivity index (χ1v) is 8.48. The van der Waals surface area contributed by atoms with Crippen LogP contribution >= 0.6 is 0 Å².